The van der Waals surface area contributed by atoms with E-state index in [9.17, 15) is 4.79 Å². The van der Waals surface area contributed by atoms with Crippen molar-refractivity contribution in [3.8, 4) is 5.75 Å². The average molecular weight is 313 g/mol. The molecule has 2 rings (SSSR count). The SMILES string of the molecule is CC(C)Oc1cccc(C(=O)N(C)[C@H]2CCCNC2)c1.Cl. The van der Waals surface area contributed by atoms with Gasteiger partial charge >= 0.3 is 0 Å². The predicted molar refractivity (Wildman–Crippen MR) is 87.4 cm³/mol. The molecule has 0 aromatic heterocycles. The first-order valence-electron chi connectivity index (χ1n) is 7.32. The van der Waals surface area contributed by atoms with Gasteiger partial charge in [0, 0.05) is 25.2 Å². The fraction of sp³-hybridized carbons (Fsp3) is 0.562. The summed E-state index contributed by atoms with van der Waals surface area (Å²) < 4.78 is 5.65. The molecular weight excluding hydrogens is 288 g/mol. The maximum atomic E-state index is 12.5. The van der Waals surface area contributed by atoms with E-state index in [1.165, 1.54) is 0 Å². The van der Waals surface area contributed by atoms with Crippen molar-refractivity contribution in [3.05, 3.63) is 29.8 Å². The zero-order valence-corrected chi connectivity index (χ0v) is 13.8. The molecule has 1 amide bonds. The molecule has 0 radical (unpaired) electrons. The van der Waals surface area contributed by atoms with Crippen LogP contribution in [0.3, 0.4) is 0 Å². The maximum Gasteiger partial charge on any atom is 0.254 e. The van der Waals surface area contributed by atoms with Crippen LogP contribution in [0.15, 0.2) is 24.3 Å². The third kappa shape index (κ3) is 4.90. The largest absolute Gasteiger partial charge is 0.491 e. The van der Waals surface area contributed by atoms with Gasteiger partial charge in [0.25, 0.3) is 5.91 Å². The predicted octanol–water partition coefficient (Wildman–Crippen LogP) is 2.72. The van der Waals surface area contributed by atoms with E-state index in [0.717, 1.165) is 31.7 Å². The lowest BCUT2D eigenvalue weighted by Gasteiger charge is -2.31. The average Bonchev–Trinajstić information content (AvgIpc) is 2.46. The lowest BCUT2D eigenvalue weighted by atomic mass is 10.1. The molecule has 0 unspecified atom stereocenters. The molecule has 4 nitrogen and oxygen atoms in total. The Labute approximate surface area is 133 Å². The standard InChI is InChI=1S/C16H24N2O2.ClH/c1-12(2)20-15-8-4-6-13(10-15)16(19)18(3)14-7-5-9-17-11-14;/h4,6,8,10,12,14,17H,5,7,9,11H2,1-3H3;1H/t14-;/m0./s1. The molecule has 1 fully saturated rings. The molecular formula is C16H25ClN2O2. The number of piperidine rings is 1. The van der Waals surface area contributed by atoms with E-state index in [1.54, 1.807) is 0 Å². The van der Waals surface area contributed by atoms with E-state index in [0.29, 0.717) is 5.56 Å². The van der Waals surface area contributed by atoms with Gasteiger partial charge in [-0.25, -0.2) is 0 Å². The monoisotopic (exact) mass is 312 g/mol. The number of hydrogen-bond donors (Lipinski definition) is 1. The van der Waals surface area contributed by atoms with Gasteiger partial charge < -0.3 is 15.0 Å². The Morgan fingerprint density at radius 1 is 1.43 bits per heavy atom. The van der Waals surface area contributed by atoms with Gasteiger partial charge in [0.1, 0.15) is 5.75 Å². The van der Waals surface area contributed by atoms with Crippen LogP contribution in [0.1, 0.15) is 37.0 Å². The first kappa shape index (κ1) is 17.8. The molecule has 1 N–H and O–H groups in total. The lowest BCUT2D eigenvalue weighted by molar-refractivity contribution is 0.0707. The second-order valence-corrected chi connectivity index (χ2v) is 5.61. The molecule has 0 saturated carbocycles. The Hall–Kier alpha value is -1.26. The van der Waals surface area contributed by atoms with Crippen LogP contribution in [0.25, 0.3) is 0 Å². The summed E-state index contributed by atoms with van der Waals surface area (Å²) >= 11 is 0. The number of carbonyl (C=O) groups excluding carboxylic acids is 1. The summed E-state index contributed by atoms with van der Waals surface area (Å²) in [6, 6.07) is 7.72. The second-order valence-electron chi connectivity index (χ2n) is 5.61. The molecule has 1 saturated heterocycles. The smallest absolute Gasteiger partial charge is 0.254 e. The van der Waals surface area contributed by atoms with Crippen LogP contribution in [0.5, 0.6) is 5.75 Å². The van der Waals surface area contributed by atoms with Crippen LogP contribution in [0.2, 0.25) is 0 Å². The van der Waals surface area contributed by atoms with E-state index >= 15 is 0 Å². The summed E-state index contributed by atoms with van der Waals surface area (Å²) in [7, 11) is 1.88. The summed E-state index contributed by atoms with van der Waals surface area (Å²) in [6.45, 7) is 5.89. The Balaban J connectivity index is 0.00000220. The molecule has 1 heterocycles. The Bertz CT molecular complexity index is 459. The summed E-state index contributed by atoms with van der Waals surface area (Å²) in [5, 5.41) is 3.34. The van der Waals surface area contributed by atoms with E-state index < -0.39 is 0 Å². The summed E-state index contributed by atoms with van der Waals surface area (Å²) in [4.78, 5) is 14.4. The highest BCUT2D eigenvalue weighted by Crippen LogP contribution is 2.18. The number of rotatable bonds is 4. The Morgan fingerprint density at radius 3 is 2.81 bits per heavy atom. The Morgan fingerprint density at radius 2 is 2.19 bits per heavy atom. The number of nitrogens with one attached hydrogen (secondary N) is 1. The molecule has 5 heteroatoms. The van der Waals surface area contributed by atoms with Crippen LogP contribution >= 0.6 is 12.4 Å². The van der Waals surface area contributed by atoms with Gasteiger partial charge in [-0.1, -0.05) is 6.07 Å². The molecule has 1 aliphatic heterocycles. The molecule has 118 valence electrons. The van der Waals surface area contributed by atoms with Crippen LogP contribution in [0, 0.1) is 0 Å². The summed E-state index contributed by atoms with van der Waals surface area (Å²) in [5.74, 6) is 0.814. The zero-order valence-electron chi connectivity index (χ0n) is 13.0. The first-order chi connectivity index (χ1) is 9.58. The van der Waals surface area contributed by atoms with Crippen LogP contribution in [0.4, 0.5) is 0 Å². The fourth-order valence-electron chi connectivity index (χ4n) is 2.51. The van der Waals surface area contributed by atoms with Crippen molar-refractivity contribution >= 4 is 18.3 Å². The van der Waals surface area contributed by atoms with Crippen LogP contribution < -0.4 is 10.1 Å². The zero-order chi connectivity index (χ0) is 14.5. The molecule has 0 aliphatic carbocycles. The molecule has 1 aromatic rings. The minimum Gasteiger partial charge on any atom is -0.491 e. The van der Waals surface area contributed by atoms with Gasteiger partial charge in [0.05, 0.1) is 6.10 Å². The number of carbonyl (C=O) groups is 1. The van der Waals surface area contributed by atoms with Crippen LogP contribution in [-0.4, -0.2) is 43.1 Å². The van der Waals surface area contributed by atoms with Crippen molar-refractivity contribution in [1.29, 1.82) is 0 Å². The minimum atomic E-state index is 0. The van der Waals surface area contributed by atoms with Crippen molar-refractivity contribution in [1.82, 2.24) is 10.2 Å². The van der Waals surface area contributed by atoms with Gasteiger partial charge in [0.2, 0.25) is 0 Å². The normalized spacial score (nSPS) is 18.0. The molecule has 1 aromatic carbocycles. The highest BCUT2D eigenvalue weighted by Gasteiger charge is 2.23. The molecule has 21 heavy (non-hydrogen) atoms. The third-order valence-electron chi connectivity index (χ3n) is 3.59. The summed E-state index contributed by atoms with van der Waals surface area (Å²) in [5.41, 5.74) is 0.691. The highest BCUT2D eigenvalue weighted by molar-refractivity contribution is 5.94. The van der Waals surface area contributed by atoms with Crippen molar-refractivity contribution in [3.63, 3.8) is 0 Å². The third-order valence-corrected chi connectivity index (χ3v) is 3.59. The molecule has 1 aliphatic rings. The number of halogens is 1. The van der Waals surface area contributed by atoms with Crippen LogP contribution in [-0.2, 0) is 0 Å². The van der Waals surface area contributed by atoms with Crippen molar-refractivity contribution < 1.29 is 9.53 Å². The lowest BCUT2D eigenvalue weighted by Crippen LogP contribution is -2.46. The van der Waals surface area contributed by atoms with Crippen molar-refractivity contribution in [2.45, 2.75) is 38.8 Å². The van der Waals surface area contributed by atoms with Gasteiger partial charge in [-0.15, -0.1) is 12.4 Å². The Kier molecular flexibility index (Phi) is 6.99. The number of amides is 1. The molecule has 0 spiro atoms. The number of ether oxygens (including phenoxy) is 1. The quantitative estimate of drug-likeness (QED) is 0.929. The van der Waals surface area contributed by atoms with Crippen molar-refractivity contribution in [2.75, 3.05) is 20.1 Å². The van der Waals surface area contributed by atoms with E-state index in [4.69, 9.17) is 4.74 Å². The van der Waals surface area contributed by atoms with E-state index in [-0.39, 0.29) is 30.5 Å². The molecule has 0 bridgehead atoms. The van der Waals surface area contributed by atoms with Gasteiger partial charge in [-0.05, 0) is 51.4 Å². The maximum absolute atomic E-state index is 12.5. The molecule has 1 atom stereocenters. The fourth-order valence-corrected chi connectivity index (χ4v) is 2.51. The first-order valence-corrected chi connectivity index (χ1v) is 7.32. The van der Waals surface area contributed by atoms with Gasteiger partial charge in [-0.3, -0.25) is 4.79 Å². The van der Waals surface area contributed by atoms with Gasteiger partial charge in [0.15, 0.2) is 0 Å². The second kappa shape index (κ2) is 8.25. The number of likely N-dealkylation sites (N-methyl/N-ethyl adjacent to an activating group) is 1. The summed E-state index contributed by atoms with van der Waals surface area (Å²) in [6.07, 6.45) is 2.30. The highest BCUT2D eigenvalue weighted by atomic mass is 35.5. The topological polar surface area (TPSA) is 41.6 Å². The minimum absolute atomic E-state index is 0. The van der Waals surface area contributed by atoms with Gasteiger partial charge in [-0.2, -0.15) is 0 Å². The van der Waals surface area contributed by atoms with E-state index in [1.807, 2.05) is 50.1 Å². The number of nitrogens with zero attached hydrogens (tertiary/aromatic N) is 1. The number of hydrogen-bond acceptors (Lipinski definition) is 3. The van der Waals surface area contributed by atoms with E-state index in [2.05, 4.69) is 5.32 Å². The van der Waals surface area contributed by atoms with Crippen molar-refractivity contribution in [2.24, 2.45) is 0 Å². The number of benzene rings is 1.